The number of carbonyl (C=O) groups is 1. The van der Waals surface area contributed by atoms with E-state index in [0.717, 1.165) is 5.56 Å². The van der Waals surface area contributed by atoms with E-state index >= 15 is 0 Å². The zero-order valence-electron chi connectivity index (χ0n) is 9.46. The predicted octanol–water partition coefficient (Wildman–Crippen LogP) is 1.92. The second-order valence-corrected chi connectivity index (χ2v) is 4.08. The molecule has 0 aliphatic heterocycles. The van der Waals surface area contributed by atoms with Crippen LogP contribution in [-0.4, -0.2) is 26.5 Å². The molecular formula is C11H14BrNO3. The zero-order chi connectivity index (χ0) is 12.3. The molecule has 0 saturated heterocycles. The first-order chi connectivity index (χ1) is 7.56. The van der Waals surface area contributed by atoms with E-state index in [4.69, 9.17) is 15.2 Å². The highest BCUT2D eigenvalue weighted by molar-refractivity contribution is 9.10. The standard InChI is InChI=1S/C11H14BrNO3/c1-6-10(8(14)5-13)7(12)4-9(15-2)11(6)16-3/h4H,5,13H2,1-3H3. The predicted molar refractivity (Wildman–Crippen MR) is 65.4 cm³/mol. The van der Waals surface area contributed by atoms with Crippen LogP contribution in [0.1, 0.15) is 15.9 Å². The molecule has 0 spiro atoms. The molecule has 0 aliphatic carbocycles. The van der Waals surface area contributed by atoms with E-state index in [0.29, 0.717) is 21.5 Å². The largest absolute Gasteiger partial charge is 0.493 e. The summed E-state index contributed by atoms with van der Waals surface area (Å²) >= 11 is 3.33. The first-order valence-corrected chi connectivity index (χ1v) is 5.50. The third-order valence-electron chi connectivity index (χ3n) is 2.32. The number of nitrogens with two attached hydrogens (primary N) is 1. The van der Waals surface area contributed by atoms with Crippen molar-refractivity contribution in [1.82, 2.24) is 0 Å². The highest BCUT2D eigenvalue weighted by atomic mass is 79.9. The SMILES string of the molecule is COc1cc(Br)c(C(=O)CN)c(C)c1OC. The maximum Gasteiger partial charge on any atom is 0.177 e. The lowest BCUT2D eigenvalue weighted by Crippen LogP contribution is -2.16. The van der Waals surface area contributed by atoms with Gasteiger partial charge in [-0.1, -0.05) is 0 Å². The molecule has 2 N–H and O–H groups in total. The quantitative estimate of drug-likeness (QED) is 0.860. The Kier molecular flexibility index (Phi) is 4.32. The molecule has 0 heterocycles. The summed E-state index contributed by atoms with van der Waals surface area (Å²) in [6.45, 7) is 1.77. The van der Waals surface area contributed by atoms with Crippen molar-refractivity contribution in [2.45, 2.75) is 6.92 Å². The van der Waals surface area contributed by atoms with Crippen molar-refractivity contribution in [3.05, 3.63) is 21.7 Å². The van der Waals surface area contributed by atoms with Gasteiger partial charge in [0.05, 0.1) is 20.8 Å². The van der Waals surface area contributed by atoms with E-state index in [1.165, 1.54) is 7.11 Å². The minimum absolute atomic E-state index is 0.0328. The van der Waals surface area contributed by atoms with Crippen LogP contribution in [0, 0.1) is 6.92 Å². The number of benzene rings is 1. The summed E-state index contributed by atoms with van der Waals surface area (Å²) in [5, 5.41) is 0. The Bertz CT molecular complexity index is 418. The van der Waals surface area contributed by atoms with Gasteiger partial charge in [0.2, 0.25) is 0 Å². The molecule has 1 aromatic rings. The maximum absolute atomic E-state index is 11.7. The molecule has 0 unspecified atom stereocenters. The Morgan fingerprint density at radius 3 is 2.50 bits per heavy atom. The van der Waals surface area contributed by atoms with Crippen LogP contribution >= 0.6 is 15.9 Å². The minimum Gasteiger partial charge on any atom is -0.493 e. The fourth-order valence-corrected chi connectivity index (χ4v) is 2.31. The van der Waals surface area contributed by atoms with Crippen molar-refractivity contribution < 1.29 is 14.3 Å². The van der Waals surface area contributed by atoms with Gasteiger partial charge in [0.25, 0.3) is 0 Å². The molecule has 0 saturated carbocycles. The molecule has 88 valence electrons. The van der Waals surface area contributed by atoms with Crippen LogP contribution in [0.15, 0.2) is 10.5 Å². The van der Waals surface area contributed by atoms with Crippen molar-refractivity contribution in [3.8, 4) is 11.5 Å². The summed E-state index contributed by atoms with van der Waals surface area (Å²) in [5.41, 5.74) is 6.63. The highest BCUT2D eigenvalue weighted by Gasteiger charge is 2.19. The molecule has 0 atom stereocenters. The summed E-state index contributed by atoms with van der Waals surface area (Å²) in [5.74, 6) is 1.01. The molecule has 0 aromatic heterocycles. The second kappa shape index (κ2) is 5.32. The van der Waals surface area contributed by atoms with Crippen molar-refractivity contribution in [3.63, 3.8) is 0 Å². The van der Waals surface area contributed by atoms with Gasteiger partial charge in [-0.25, -0.2) is 0 Å². The highest BCUT2D eigenvalue weighted by Crippen LogP contribution is 2.37. The van der Waals surface area contributed by atoms with Gasteiger partial charge >= 0.3 is 0 Å². The molecule has 0 aliphatic rings. The van der Waals surface area contributed by atoms with Gasteiger partial charge in [0.1, 0.15) is 0 Å². The summed E-state index contributed by atoms with van der Waals surface area (Å²) in [6, 6.07) is 1.70. The van der Waals surface area contributed by atoms with Crippen LogP contribution < -0.4 is 15.2 Å². The number of carbonyl (C=O) groups excluding carboxylic acids is 1. The Balaban J connectivity index is 3.46. The van der Waals surface area contributed by atoms with Crippen LogP contribution in [0.3, 0.4) is 0 Å². The van der Waals surface area contributed by atoms with Gasteiger partial charge in [0.15, 0.2) is 17.3 Å². The molecule has 5 heteroatoms. The normalized spacial score (nSPS) is 10.1. The lowest BCUT2D eigenvalue weighted by molar-refractivity contribution is 0.0999. The summed E-state index contributed by atoms with van der Waals surface area (Å²) in [4.78, 5) is 11.7. The van der Waals surface area contributed by atoms with E-state index in [2.05, 4.69) is 15.9 Å². The summed E-state index contributed by atoms with van der Waals surface area (Å²) in [6.07, 6.45) is 0. The molecule has 16 heavy (non-hydrogen) atoms. The van der Waals surface area contributed by atoms with Crippen molar-refractivity contribution in [2.24, 2.45) is 5.73 Å². The number of Topliss-reactive ketones (excluding diaryl/α,β-unsaturated/α-hetero) is 1. The molecule has 0 amide bonds. The third-order valence-corrected chi connectivity index (χ3v) is 2.95. The van der Waals surface area contributed by atoms with Crippen LogP contribution in [0.5, 0.6) is 11.5 Å². The first kappa shape index (κ1) is 13.0. The lowest BCUT2D eigenvalue weighted by Gasteiger charge is -2.15. The molecule has 0 fully saturated rings. The number of ketones is 1. The fraction of sp³-hybridized carbons (Fsp3) is 0.364. The molecule has 1 aromatic carbocycles. The van der Waals surface area contributed by atoms with Crippen LogP contribution in [-0.2, 0) is 0 Å². The third kappa shape index (κ3) is 2.20. The van der Waals surface area contributed by atoms with Crippen molar-refractivity contribution in [1.29, 1.82) is 0 Å². The summed E-state index contributed by atoms with van der Waals surface area (Å²) in [7, 11) is 3.09. The number of hydrogen-bond acceptors (Lipinski definition) is 4. The molecular weight excluding hydrogens is 274 g/mol. The van der Waals surface area contributed by atoms with Crippen molar-refractivity contribution >= 4 is 21.7 Å². The second-order valence-electron chi connectivity index (χ2n) is 3.22. The van der Waals surface area contributed by atoms with Crippen LogP contribution in [0.25, 0.3) is 0 Å². The number of halogens is 1. The number of ether oxygens (including phenoxy) is 2. The van der Waals surface area contributed by atoms with E-state index in [1.54, 1.807) is 20.1 Å². The fourth-order valence-electron chi connectivity index (χ4n) is 1.58. The van der Waals surface area contributed by atoms with Crippen LogP contribution in [0.2, 0.25) is 0 Å². The van der Waals surface area contributed by atoms with E-state index in [9.17, 15) is 4.79 Å². The Morgan fingerprint density at radius 2 is 2.06 bits per heavy atom. The van der Waals surface area contributed by atoms with Gasteiger partial charge < -0.3 is 15.2 Å². The van der Waals surface area contributed by atoms with Gasteiger partial charge in [-0.15, -0.1) is 0 Å². The van der Waals surface area contributed by atoms with Gasteiger partial charge in [-0.3, -0.25) is 4.79 Å². The Labute approximate surface area is 103 Å². The minimum atomic E-state index is -0.134. The lowest BCUT2D eigenvalue weighted by atomic mass is 10.0. The maximum atomic E-state index is 11.7. The van der Waals surface area contributed by atoms with Crippen molar-refractivity contribution in [2.75, 3.05) is 20.8 Å². The molecule has 0 bridgehead atoms. The Morgan fingerprint density at radius 1 is 1.44 bits per heavy atom. The average molecular weight is 288 g/mol. The molecule has 4 nitrogen and oxygen atoms in total. The van der Waals surface area contributed by atoms with E-state index in [1.807, 2.05) is 0 Å². The Hall–Kier alpha value is -1.07. The number of rotatable bonds is 4. The molecule has 1 rings (SSSR count). The zero-order valence-corrected chi connectivity index (χ0v) is 11.1. The van der Waals surface area contributed by atoms with Gasteiger partial charge in [0, 0.05) is 15.6 Å². The smallest absolute Gasteiger partial charge is 0.177 e. The summed E-state index contributed by atoms with van der Waals surface area (Å²) < 4.78 is 11.1. The van der Waals surface area contributed by atoms with Gasteiger partial charge in [-0.05, 0) is 28.9 Å². The van der Waals surface area contributed by atoms with Gasteiger partial charge in [-0.2, -0.15) is 0 Å². The van der Waals surface area contributed by atoms with E-state index < -0.39 is 0 Å². The average Bonchev–Trinajstić information content (AvgIpc) is 2.27. The first-order valence-electron chi connectivity index (χ1n) is 4.71. The number of methoxy groups -OCH3 is 2. The van der Waals surface area contributed by atoms with Crippen LogP contribution in [0.4, 0.5) is 0 Å². The number of hydrogen-bond donors (Lipinski definition) is 1. The topological polar surface area (TPSA) is 61.5 Å². The molecule has 0 radical (unpaired) electrons. The monoisotopic (exact) mass is 287 g/mol. The van der Waals surface area contributed by atoms with E-state index in [-0.39, 0.29) is 12.3 Å².